The highest BCUT2D eigenvalue weighted by Gasteiger charge is 2.21. The molecule has 7 heteroatoms. The van der Waals surface area contributed by atoms with Crippen molar-refractivity contribution in [1.29, 1.82) is 0 Å². The Bertz CT molecular complexity index is 1030. The minimum Gasteiger partial charge on any atom is -0.371 e. The van der Waals surface area contributed by atoms with Crippen molar-refractivity contribution in [2.45, 2.75) is 29.2 Å². The molecular formula is C20H20FN3O2S. The normalized spacial score (nSPS) is 14.6. The summed E-state index contributed by atoms with van der Waals surface area (Å²) in [4.78, 5) is 6.17. The minimum atomic E-state index is -3.78. The Morgan fingerprint density at radius 3 is 2.41 bits per heavy atom. The molecule has 5 nitrogen and oxygen atoms in total. The summed E-state index contributed by atoms with van der Waals surface area (Å²) in [7, 11) is -3.78. The second kappa shape index (κ2) is 7.15. The monoisotopic (exact) mass is 385 g/mol. The Hall–Kier alpha value is -2.67. The van der Waals surface area contributed by atoms with Gasteiger partial charge in [0.15, 0.2) is 0 Å². The summed E-state index contributed by atoms with van der Waals surface area (Å²) in [5.41, 5.74) is 1.59. The Morgan fingerprint density at radius 1 is 1.00 bits per heavy atom. The van der Waals surface area contributed by atoms with Crippen LogP contribution in [-0.4, -0.2) is 31.1 Å². The zero-order valence-corrected chi connectivity index (χ0v) is 15.6. The molecule has 0 unspecified atom stereocenters. The van der Waals surface area contributed by atoms with E-state index in [1.807, 2.05) is 15.7 Å². The van der Waals surface area contributed by atoms with Crippen molar-refractivity contribution < 1.29 is 12.8 Å². The summed E-state index contributed by atoms with van der Waals surface area (Å²) >= 11 is 0. The predicted molar refractivity (Wildman–Crippen MR) is 101 cm³/mol. The van der Waals surface area contributed by atoms with Crippen molar-refractivity contribution >= 4 is 15.5 Å². The molecule has 1 saturated heterocycles. The first-order chi connectivity index (χ1) is 13.0. The van der Waals surface area contributed by atoms with Crippen LogP contribution in [0.2, 0.25) is 0 Å². The number of halogens is 1. The highest BCUT2D eigenvalue weighted by molar-refractivity contribution is 7.91. The van der Waals surface area contributed by atoms with Gasteiger partial charge in [0.1, 0.15) is 5.82 Å². The Kier molecular flexibility index (Phi) is 4.70. The van der Waals surface area contributed by atoms with E-state index >= 15 is 0 Å². The van der Waals surface area contributed by atoms with Crippen LogP contribution in [0.3, 0.4) is 0 Å². The predicted octanol–water partition coefficient (Wildman–Crippen LogP) is 3.50. The maximum atomic E-state index is 14.1. The number of hydrogen-bond donors (Lipinski definition) is 0. The van der Waals surface area contributed by atoms with Crippen LogP contribution in [0.1, 0.15) is 18.4 Å². The average Bonchev–Trinajstić information content (AvgIpc) is 3.36. The lowest BCUT2D eigenvalue weighted by Gasteiger charge is -2.18. The van der Waals surface area contributed by atoms with Gasteiger partial charge in [-0.05, 0) is 48.7 Å². The second-order valence-corrected chi connectivity index (χ2v) is 8.67. The lowest BCUT2D eigenvalue weighted by molar-refractivity contribution is 0.590. The first-order valence-electron chi connectivity index (χ1n) is 8.88. The molecule has 0 amide bonds. The van der Waals surface area contributed by atoms with Crippen LogP contribution in [0.25, 0.3) is 0 Å². The molecular weight excluding hydrogens is 365 g/mol. The average molecular weight is 385 g/mol. The Balaban J connectivity index is 1.62. The molecule has 1 fully saturated rings. The molecule has 2 heterocycles. The summed E-state index contributed by atoms with van der Waals surface area (Å²) in [6.45, 7) is 2.26. The third-order valence-electron chi connectivity index (χ3n) is 4.80. The van der Waals surface area contributed by atoms with Gasteiger partial charge in [-0.15, -0.1) is 0 Å². The SMILES string of the molecule is O=S(=O)(c1ccc(Cn2ccnc2)cc1)c1cc(F)cc(N2CCCC2)c1. The van der Waals surface area contributed by atoms with Crippen LogP contribution in [-0.2, 0) is 16.4 Å². The molecule has 0 spiro atoms. The van der Waals surface area contributed by atoms with Crippen molar-refractivity contribution in [2.24, 2.45) is 0 Å². The number of anilines is 1. The van der Waals surface area contributed by atoms with E-state index in [1.54, 1.807) is 42.9 Å². The molecule has 0 N–H and O–H groups in total. The molecule has 0 saturated carbocycles. The second-order valence-electron chi connectivity index (χ2n) is 6.72. The van der Waals surface area contributed by atoms with Crippen molar-refractivity contribution in [3.05, 3.63) is 72.6 Å². The van der Waals surface area contributed by atoms with Crippen LogP contribution in [0, 0.1) is 5.82 Å². The fourth-order valence-corrected chi connectivity index (χ4v) is 4.67. The van der Waals surface area contributed by atoms with Crippen LogP contribution in [0.4, 0.5) is 10.1 Å². The number of imidazole rings is 1. The van der Waals surface area contributed by atoms with Gasteiger partial charge < -0.3 is 9.47 Å². The molecule has 4 rings (SSSR count). The van der Waals surface area contributed by atoms with Crippen molar-refractivity contribution in [2.75, 3.05) is 18.0 Å². The number of benzene rings is 2. The van der Waals surface area contributed by atoms with Gasteiger partial charge in [0.25, 0.3) is 0 Å². The van der Waals surface area contributed by atoms with E-state index in [4.69, 9.17) is 0 Å². The molecule has 0 atom stereocenters. The van der Waals surface area contributed by atoms with Gasteiger partial charge in [-0.1, -0.05) is 12.1 Å². The number of hydrogen-bond acceptors (Lipinski definition) is 4. The standard InChI is InChI=1S/C20H20FN3O2S/c21-17-11-18(24-8-1-2-9-24)13-20(12-17)27(25,26)19-5-3-16(4-6-19)14-23-10-7-22-15-23/h3-7,10-13,15H,1-2,8-9,14H2. The summed E-state index contributed by atoms with van der Waals surface area (Å²) in [5.74, 6) is -0.533. The number of rotatable bonds is 5. The van der Waals surface area contributed by atoms with E-state index in [-0.39, 0.29) is 9.79 Å². The number of aromatic nitrogens is 2. The number of sulfone groups is 1. The molecule has 0 radical (unpaired) electrons. The Labute approximate surface area is 158 Å². The van der Waals surface area contributed by atoms with Crippen LogP contribution in [0.15, 0.2) is 71.0 Å². The van der Waals surface area contributed by atoms with Crippen molar-refractivity contribution in [3.8, 4) is 0 Å². The summed E-state index contributed by atoms with van der Waals surface area (Å²) in [6.07, 6.45) is 7.32. The van der Waals surface area contributed by atoms with Gasteiger partial charge >= 0.3 is 0 Å². The maximum absolute atomic E-state index is 14.1. The van der Waals surface area contributed by atoms with Crippen molar-refractivity contribution in [1.82, 2.24) is 9.55 Å². The lowest BCUT2D eigenvalue weighted by Crippen LogP contribution is -2.18. The van der Waals surface area contributed by atoms with Crippen LogP contribution in [0.5, 0.6) is 0 Å². The van der Waals surface area contributed by atoms with E-state index in [0.29, 0.717) is 12.2 Å². The summed E-state index contributed by atoms with van der Waals surface area (Å²) in [6, 6.07) is 10.8. The van der Waals surface area contributed by atoms with E-state index in [9.17, 15) is 12.8 Å². The minimum absolute atomic E-state index is 0.00763. The maximum Gasteiger partial charge on any atom is 0.206 e. The molecule has 27 heavy (non-hydrogen) atoms. The first kappa shape index (κ1) is 17.7. The molecule has 0 aliphatic carbocycles. The smallest absolute Gasteiger partial charge is 0.206 e. The van der Waals surface area contributed by atoms with Gasteiger partial charge in [0, 0.05) is 37.7 Å². The molecule has 3 aromatic rings. The fraction of sp³-hybridized carbons (Fsp3) is 0.250. The summed E-state index contributed by atoms with van der Waals surface area (Å²) < 4.78 is 42.0. The molecule has 1 aliphatic heterocycles. The highest BCUT2D eigenvalue weighted by Crippen LogP contribution is 2.28. The topological polar surface area (TPSA) is 55.2 Å². The van der Waals surface area contributed by atoms with Gasteiger partial charge in [-0.2, -0.15) is 0 Å². The quantitative estimate of drug-likeness (QED) is 0.675. The van der Waals surface area contributed by atoms with Gasteiger partial charge in [-0.3, -0.25) is 0 Å². The van der Waals surface area contributed by atoms with E-state index in [2.05, 4.69) is 4.98 Å². The third kappa shape index (κ3) is 3.73. The fourth-order valence-electron chi connectivity index (χ4n) is 3.36. The third-order valence-corrected chi connectivity index (χ3v) is 6.54. The van der Waals surface area contributed by atoms with Gasteiger partial charge in [0.2, 0.25) is 9.84 Å². The Morgan fingerprint density at radius 2 is 1.74 bits per heavy atom. The largest absolute Gasteiger partial charge is 0.371 e. The van der Waals surface area contributed by atoms with E-state index in [0.717, 1.165) is 37.6 Å². The molecule has 2 aromatic carbocycles. The van der Waals surface area contributed by atoms with Crippen LogP contribution < -0.4 is 4.90 Å². The van der Waals surface area contributed by atoms with Crippen LogP contribution >= 0.6 is 0 Å². The van der Waals surface area contributed by atoms with E-state index in [1.165, 1.54) is 6.07 Å². The van der Waals surface area contributed by atoms with E-state index < -0.39 is 15.7 Å². The molecule has 1 aromatic heterocycles. The van der Waals surface area contributed by atoms with Crippen molar-refractivity contribution in [3.63, 3.8) is 0 Å². The number of nitrogens with zero attached hydrogens (tertiary/aromatic N) is 3. The lowest BCUT2D eigenvalue weighted by atomic mass is 10.2. The van der Waals surface area contributed by atoms with Gasteiger partial charge in [-0.25, -0.2) is 17.8 Å². The highest BCUT2D eigenvalue weighted by atomic mass is 32.2. The zero-order valence-electron chi connectivity index (χ0n) is 14.8. The molecule has 140 valence electrons. The summed E-state index contributed by atoms with van der Waals surface area (Å²) in [5, 5.41) is 0. The zero-order chi connectivity index (χ0) is 18.9. The molecule has 0 bridgehead atoms. The molecule has 1 aliphatic rings. The van der Waals surface area contributed by atoms with Gasteiger partial charge in [0.05, 0.1) is 16.1 Å². The first-order valence-corrected chi connectivity index (χ1v) is 10.4.